The van der Waals surface area contributed by atoms with Gasteiger partial charge in [-0.1, -0.05) is 18.2 Å². The van der Waals surface area contributed by atoms with E-state index < -0.39 is 17.6 Å². The number of rotatable bonds is 3. The Morgan fingerprint density at radius 2 is 1.68 bits per heavy atom. The van der Waals surface area contributed by atoms with Crippen molar-refractivity contribution in [2.75, 3.05) is 18.4 Å². The van der Waals surface area contributed by atoms with Crippen LogP contribution in [0.25, 0.3) is 0 Å². The van der Waals surface area contributed by atoms with Crippen LogP contribution in [0.2, 0.25) is 0 Å². The molecule has 102 valence electrons. The van der Waals surface area contributed by atoms with Crippen LogP contribution >= 0.6 is 0 Å². The van der Waals surface area contributed by atoms with Crippen LogP contribution in [0.3, 0.4) is 0 Å². The SMILES string of the molecule is O=C(O)N1CCC(Nc2ccccc2)(C(=O)O)CC1. The fourth-order valence-corrected chi connectivity index (χ4v) is 2.27. The lowest BCUT2D eigenvalue weighted by molar-refractivity contribution is -0.143. The monoisotopic (exact) mass is 264 g/mol. The van der Waals surface area contributed by atoms with Gasteiger partial charge < -0.3 is 20.4 Å². The molecule has 2 rings (SSSR count). The van der Waals surface area contributed by atoms with Crippen molar-refractivity contribution in [2.24, 2.45) is 0 Å². The number of carboxylic acid groups (broad SMARTS) is 2. The zero-order chi connectivity index (χ0) is 13.9. The summed E-state index contributed by atoms with van der Waals surface area (Å²) in [6, 6.07) is 9.10. The number of carbonyl (C=O) groups is 2. The van der Waals surface area contributed by atoms with E-state index in [4.69, 9.17) is 5.11 Å². The van der Waals surface area contributed by atoms with E-state index in [1.54, 1.807) is 12.1 Å². The van der Waals surface area contributed by atoms with Crippen LogP contribution < -0.4 is 5.32 Å². The average Bonchev–Trinajstić information content (AvgIpc) is 2.40. The second kappa shape index (κ2) is 5.17. The first kappa shape index (κ1) is 13.2. The third-order valence-corrected chi connectivity index (χ3v) is 3.45. The molecular formula is C13H16N2O4. The van der Waals surface area contributed by atoms with E-state index in [1.165, 1.54) is 4.90 Å². The van der Waals surface area contributed by atoms with Crippen LogP contribution in [-0.4, -0.2) is 45.8 Å². The Morgan fingerprint density at radius 3 is 2.16 bits per heavy atom. The molecule has 1 aromatic rings. The van der Waals surface area contributed by atoms with Crippen LogP contribution in [0, 0.1) is 0 Å². The molecule has 1 saturated heterocycles. The highest BCUT2D eigenvalue weighted by atomic mass is 16.4. The lowest BCUT2D eigenvalue weighted by atomic mass is 9.87. The van der Waals surface area contributed by atoms with Gasteiger partial charge in [0.1, 0.15) is 5.54 Å². The first-order valence-corrected chi connectivity index (χ1v) is 6.08. The fraction of sp³-hybridized carbons (Fsp3) is 0.385. The maximum atomic E-state index is 11.5. The molecule has 1 fully saturated rings. The average molecular weight is 264 g/mol. The molecule has 3 N–H and O–H groups in total. The summed E-state index contributed by atoms with van der Waals surface area (Å²) >= 11 is 0. The highest BCUT2D eigenvalue weighted by Crippen LogP contribution is 2.27. The third-order valence-electron chi connectivity index (χ3n) is 3.45. The van der Waals surface area contributed by atoms with E-state index >= 15 is 0 Å². The van der Waals surface area contributed by atoms with Crippen molar-refractivity contribution in [3.05, 3.63) is 30.3 Å². The number of hydrogen-bond donors (Lipinski definition) is 3. The third kappa shape index (κ3) is 2.78. The van der Waals surface area contributed by atoms with Gasteiger partial charge in [-0.3, -0.25) is 0 Å². The van der Waals surface area contributed by atoms with Gasteiger partial charge in [-0.2, -0.15) is 0 Å². The number of aliphatic carboxylic acids is 1. The highest BCUT2D eigenvalue weighted by molar-refractivity contribution is 5.83. The molecule has 6 heteroatoms. The van der Waals surface area contributed by atoms with E-state index in [9.17, 15) is 14.7 Å². The van der Waals surface area contributed by atoms with E-state index in [0.717, 1.165) is 5.69 Å². The van der Waals surface area contributed by atoms with Crippen LogP contribution in [0.1, 0.15) is 12.8 Å². The van der Waals surface area contributed by atoms with E-state index in [0.29, 0.717) is 0 Å². The number of nitrogens with zero attached hydrogens (tertiary/aromatic N) is 1. The van der Waals surface area contributed by atoms with Gasteiger partial charge in [0.15, 0.2) is 0 Å². The molecule has 19 heavy (non-hydrogen) atoms. The van der Waals surface area contributed by atoms with Crippen molar-refractivity contribution in [1.82, 2.24) is 4.90 Å². The van der Waals surface area contributed by atoms with E-state index in [2.05, 4.69) is 5.32 Å². The normalized spacial score (nSPS) is 17.8. The van der Waals surface area contributed by atoms with Gasteiger partial charge in [0.2, 0.25) is 0 Å². The Bertz CT molecular complexity index is 467. The quantitative estimate of drug-likeness (QED) is 0.773. The molecule has 0 unspecified atom stereocenters. The number of nitrogens with one attached hydrogen (secondary N) is 1. The van der Waals surface area contributed by atoms with E-state index in [1.807, 2.05) is 18.2 Å². The molecule has 0 aliphatic carbocycles. The summed E-state index contributed by atoms with van der Waals surface area (Å²) in [4.78, 5) is 23.6. The lowest BCUT2D eigenvalue weighted by Gasteiger charge is -2.38. The Balaban J connectivity index is 2.13. The number of piperidine rings is 1. The number of hydrogen-bond acceptors (Lipinski definition) is 3. The van der Waals surface area contributed by atoms with Crippen molar-refractivity contribution in [1.29, 1.82) is 0 Å². The second-order valence-corrected chi connectivity index (χ2v) is 4.65. The summed E-state index contributed by atoms with van der Waals surface area (Å²) in [5, 5.41) is 21.4. The molecule has 1 amide bonds. The molecule has 0 bridgehead atoms. The molecule has 0 saturated carbocycles. The minimum absolute atomic E-state index is 0.224. The molecule has 6 nitrogen and oxygen atoms in total. The second-order valence-electron chi connectivity index (χ2n) is 4.65. The van der Waals surface area contributed by atoms with Gasteiger partial charge in [-0.05, 0) is 25.0 Å². The molecule has 0 spiro atoms. The van der Waals surface area contributed by atoms with Crippen molar-refractivity contribution < 1.29 is 19.8 Å². The molecule has 0 atom stereocenters. The fourth-order valence-electron chi connectivity index (χ4n) is 2.27. The summed E-state index contributed by atoms with van der Waals surface area (Å²) in [5.74, 6) is -0.943. The zero-order valence-electron chi connectivity index (χ0n) is 10.4. The molecule has 1 aromatic carbocycles. The van der Waals surface area contributed by atoms with Crippen LogP contribution in [0.15, 0.2) is 30.3 Å². The molecule has 1 heterocycles. The zero-order valence-corrected chi connectivity index (χ0v) is 10.4. The minimum Gasteiger partial charge on any atom is -0.480 e. The van der Waals surface area contributed by atoms with Crippen LogP contribution in [0.5, 0.6) is 0 Å². The summed E-state index contributed by atoms with van der Waals surface area (Å²) in [6.07, 6.45) is -0.494. The van der Waals surface area contributed by atoms with Gasteiger partial charge in [-0.15, -0.1) is 0 Å². The van der Waals surface area contributed by atoms with Crippen molar-refractivity contribution in [3.63, 3.8) is 0 Å². The van der Waals surface area contributed by atoms with E-state index in [-0.39, 0.29) is 25.9 Å². The predicted molar refractivity (Wildman–Crippen MR) is 69.3 cm³/mol. The Labute approximate surface area is 110 Å². The summed E-state index contributed by atoms with van der Waals surface area (Å²) < 4.78 is 0. The Morgan fingerprint density at radius 1 is 1.11 bits per heavy atom. The van der Waals surface area contributed by atoms with Gasteiger partial charge in [0.25, 0.3) is 0 Å². The van der Waals surface area contributed by atoms with Crippen LogP contribution in [0.4, 0.5) is 10.5 Å². The number of para-hydroxylation sites is 1. The summed E-state index contributed by atoms with van der Waals surface area (Å²) in [5.41, 5.74) is -0.360. The Hall–Kier alpha value is -2.24. The predicted octanol–water partition coefficient (Wildman–Crippen LogP) is 1.70. The maximum Gasteiger partial charge on any atom is 0.407 e. The number of anilines is 1. The number of benzene rings is 1. The molecule has 0 aromatic heterocycles. The largest absolute Gasteiger partial charge is 0.480 e. The molecular weight excluding hydrogens is 248 g/mol. The summed E-state index contributed by atoms with van der Waals surface area (Å²) in [6.45, 7) is 0.447. The summed E-state index contributed by atoms with van der Waals surface area (Å²) in [7, 11) is 0. The van der Waals surface area contributed by atoms with Gasteiger partial charge in [-0.25, -0.2) is 9.59 Å². The first-order chi connectivity index (χ1) is 9.03. The van der Waals surface area contributed by atoms with Crippen molar-refractivity contribution in [2.45, 2.75) is 18.4 Å². The number of amides is 1. The minimum atomic E-state index is -1.09. The number of likely N-dealkylation sites (tertiary alicyclic amines) is 1. The maximum absolute atomic E-state index is 11.5. The topological polar surface area (TPSA) is 89.9 Å². The molecule has 1 aliphatic rings. The van der Waals surface area contributed by atoms with Gasteiger partial charge in [0.05, 0.1) is 0 Å². The lowest BCUT2D eigenvalue weighted by Crippen LogP contribution is -2.55. The Kier molecular flexibility index (Phi) is 3.59. The van der Waals surface area contributed by atoms with Gasteiger partial charge in [0, 0.05) is 18.8 Å². The number of carboxylic acids is 1. The molecule has 0 radical (unpaired) electrons. The van der Waals surface area contributed by atoms with Crippen LogP contribution in [-0.2, 0) is 4.79 Å². The van der Waals surface area contributed by atoms with Crippen molar-refractivity contribution >= 4 is 17.7 Å². The molecule has 1 aliphatic heterocycles. The van der Waals surface area contributed by atoms with Gasteiger partial charge >= 0.3 is 12.1 Å². The highest BCUT2D eigenvalue weighted by Gasteiger charge is 2.42. The standard InChI is InChI=1S/C13H16N2O4/c16-11(17)13(14-10-4-2-1-3-5-10)6-8-15(9-7-13)12(18)19/h1-5,14H,6-9H2,(H,16,17)(H,18,19). The smallest absolute Gasteiger partial charge is 0.407 e. The first-order valence-electron chi connectivity index (χ1n) is 6.08. The van der Waals surface area contributed by atoms with Crippen molar-refractivity contribution in [3.8, 4) is 0 Å².